The van der Waals surface area contributed by atoms with E-state index < -0.39 is 0 Å². The Morgan fingerprint density at radius 1 is 1.38 bits per heavy atom. The molecule has 0 unspecified atom stereocenters. The molecule has 0 aliphatic carbocycles. The van der Waals surface area contributed by atoms with Gasteiger partial charge in [-0.25, -0.2) is 0 Å². The number of thiophene rings is 1. The quantitative estimate of drug-likeness (QED) is 0.654. The van der Waals surface area contributed by atoms with Crippen molar-refractivity contribution >= 4 is 22.8 Å². The summed E-state index contributed by atoms with van der Waals surface area (Å²) in [6, 6.07) is 6.98. The van der Waals surface area contributed by atoms with Gasteiger partial charge in [0.1, 0.15) is 5.75 Å². The summed E-state index contributed by atoms with van der Waals surface area (Å²) in [5.41, 5.74) is 7.39. The van der Waals surface area contributed by atoms with Gasteiger partial charge in [-0.05, 0) is 23.6 Å². The molecule has 3 nitrogen and oxygen atoms in total. The molecular weight excluding hydrogens is 222 g/mol. The fourth-order valence-electron chi connectivity index (χ4n) is 1.47. The minimum absolute atomic E-state index is 0.0716. The Hall–Kier alpha value is -1.81. The van der Waals surface area contributed by atoms with Crippen LogP contribution in [-0.4, -0.2) is 12.9 Å². The van der Waals surface area contributed by atoms with Gasteiger partial charge in [0.15, 0.2) is 5.78 Å². The summed E-state index contributed by atoms with van der Waals surface area (Å²) >= 11 is 1.49. The minimum atomic E-state index is -0.0716. The third-order valence-corrected chi connectivity index (χ3v) is 3.00. The molecule has 1 heterocycles. The van der Waals surface area contributed by atoms with E-state index in [1.165, 1.54) is 18.4 Å². The molecule has 4 heteroatoms. The van der Waals surface area contributed by atoms with Crippen LogP contribution in [0.5, 0.6) is 5.75 Å². The Labute approximate surface area is 97.5 Å². The van der Waals surface area contributed by atoms with Gasteiger partial charge < -0.3 is 10.5 Å². The maximum atomic E-state index is 12.1. The van der Waals surface area contributed by atoms with Crippen LogP contribution in [0.3, 0.4) is 0 Å². The van der Waals surface area contributed by atoms with Crippen LogP contribution >= 0.6 is 11.3 Å². The van der Waals surface area contributed by atoms with Crippen LogP contribution in [-0.2, 0) is 0 Å². The third-order valence-electron chi connectivity index (χ3n) is 2.31. The molecule has 0 spiro atoms. The second-order valence-electron chi connectivity index (χ2n) is 3.26. The van der Waals surface area contributed by atoms with Crippen molar-refractivity contribution in [1.29, 1.82) is 0 Å². The number of ether oxygens (including phenoxy) is 1. The van der Waals surface area contributed by atoms with Gasteiger partial charge in [0.2, 0.25) is 0 Å². The molecule has 2 rings (SSSR count). The molecule has 0 bridgehead atoms. The monoisotopic (exact) mass is 233 g/mol. The number of carbonyl (C=O) groups excluding carboxylic acids is 1. The lowest BCUT2D eigenvalue weighted by atomic mass is 10.0. The topological polar surface area (TPSA) is 52.3 Å². The number of hydrogen-bond acceptors (Lipinski definition) is 4. The highest BCUT2D eigenvalue weighted by molar-refractivity contribution is 7.08. The van der Waals surface area contributed by atoms with Crippen molar-refractivity contribution in [2.75, 3.05) is 12.8 Å². The van der Waals surface area contributed by atoms with E-state index in [1.54, 1.807) is 29.6 Å². The first kappa shape index (κ1) is 10.7. The lowest BCUT2D eigenvalue weighted by Gasteiger charge is -2.08. The number of rotatable bonds is 3. The zero-order chi connectivity index (χ0) is 11.5. The fraction of sp³-hybridized carbons (Fsp3) is 0.0833. The lowest BCUT2D eigenvalue weighted by Crippen LogP contribution is -2.05. The smallest absolute Gasteiger partial charge is 0.196 e. The molecule has 2 N–H and O–H groups in total. The number of benzene rings is 1. The van der Waals surface area contributed by atoms with E-state index in [-0.39, 0.29) is 5.78 Å². The number of nitrogens with two attached hydrogens (primary N) is 1. The zero-order valence-corrected chi connectivity index (χ0v) is 9.58. The van der Waals surface area contributed by atoms with Crippen molar-refractivity contribution < 1.29 is 9.53 Å². The highest BCUT2D eigenvalue weighted by Crippen LogP contribution is 2.27. The maximum Gasteiger partial charge on any atom is 0.196 e. The second kappa shape index (κ2) is 4.37. The van der Waals surface area contributed by atoms with Gasteiger partial charge in [-0.15, -0.1) is 0 Å². The average molecular weight is 233 g/mol. The van der Waals surface area contributed by atoms with Crippen LogP contribution in [0, 0.1) is 0 Å². The summed E-state index contributed by atoms with van der Waals surface area (Å²) in [6.45, 7) is 0. The molecule has 16 heavy (non-hydrogen) atoms. The Bertz CT molecular complexity index is 506. The van der Waals surface area contributed by atoms with Crippen LogP contribution in [0.25, 0.3) is 0 Å². The summed E-state index contributed by atoms with van der Waals surface area (Å²) in [7, 11) is 1.53. The average Bonchev–Trinajstić information content (AvgIpc) is 2.82. The Morgan fingerprint density at radius 2 is 2.19 bits per heavy atom. The van der Waals surface area contributed by atoms with Crippen molar-refractivity contribution in [1.82, 2.24) is 0 Å². The fourth-order valence-corrected chi connectivity index (χ4v) is 2.11. The molecule has 2 aromatic rings. The predicted octanol–water partition coefficient (Wildman–Crippen LogP) is 2.57. The van der Waals surface area contributed by atoms with Crippen LogP contribution in [0.2, 0.25) is 0 Å². The highest BCUT2D eigenvalue weighted by Gasteiger charge is 2.14. The third kappa shape index (κ3) is 1.79. The molecule has 1 aromatic carbocycles. The van der Waals surface area contributed by atoms with Crippen LogP contribution in [0.1, 0.15) is 15.9 Å². The molecule has 0 radical (unpaired) electrons. The lowest BCUT2D eigenvalue weighted by molar-refractivity contribution is 0.103. The second-order valence-corrected chi connectivity index (χ2v) is 4.04. The largest absolute Gasteiger partial charge is 0.495 e. The molecule has 0 aliphatic rings. The van der Waals surface area contributed by atoms with E-state index in [1.807, 2.05) is 5.38 Å². The van der Waals surface area contributed by atoms with Gasteiger partial charge in [0, 0.05) is 16.5 Å². The molecule has 0 amide bonds. The van der Waals surface area contributed by atoms with Gasteiger partial charge in [-0.3, -0.25) is 4.79 Å². The van der Waals surface area contributed by atoms with Crippen LogP contribution < -0.4 is 10.5 Å². The summed E-state index contributed by atoms with van der Waals surface area (Å²) in [5, 5.41) is 3.67. The Kier molecular flexibility index (Phi) is 2.92. The Morgan fingerprint density at radius 3 is 2.81 bits per heavy atom. The van der Waals surface area contributed by atoms with E-state index in [4.69, 9.17) is 10.5 Å². The highest BCUT2D eigenvalue weighted by atomic mass is 32.1. The standard InChI is InChI=1S/C12H11NO2S/c1-15-10-4-2-3-9(11(10)13)12(14)8-5-6-16-7-8/h2-7H,13H2,1H3. The Balaban J connectivity index is 2.45. The van der Waals surface area contributed by atoms with Gasteiger partial charge in [0.05, 0.1) is 12.8 Å². The minimum Gasteiger partial charge on any atom is -0.495 e. The van der Waals surface area contributed by atoms with Crippen molar-refractivity contribution in [2.24, 2.45) is 0 Å². The normalized spacial score (nSPS) is 10.1. The van der Waals surface area contributed by atoms with Gasteiger partial charge in [-0.2, -0.15) is 11.3 Å². The molecule has 0 atom stereocenters. The van der Waals surface area contributed by atoms with Gasteiger partial charge in [-0.1, -0.05) is 6.07 Å². The summed E-state index contributed by atoms with van der Waals surface area (Å²) < 4.78 is 5.08. The number of anilines is 1. The first-order chi connectivity index (χ1) is 7.74. The molecule has 0 saturated heterocycles. The number of nitrogen functional groups attached to an aromatic ring is 1. The predicted molar refractivity (Wildman–Crippen MR) is 65.2 cm³/mol. The van der Waals surface area contributed by atoms with Crippen LogP contribution in [0.15, 0.2) is 35.0 Å². The molecule has 0 fully saturated rings. The molecule has 0 saturated carbocycles. The molecule has 0 aliphatic heterocycles. The summed E-state index contributed by atoms with van der Waals surface area (Å²) in [4.78, 5) is 12.1. The van der Waals surface area contributed by atoms with Crippen molar-refractivity contribution in [2.45, 2.75) is 0 Å². The zero-order valence-electron chi connectivity index (χ0n) is 8.77. The van der Waals surface area contributed by atoms with E-state index in [0.29, 0.717) is 22.6 Å². The molecule has 1 aromatic heterocycles. The van der Waals surface area contributed by atoms with E-state index in [2.05, 4.69) is 0 Å². The summed E-state index contributed by atoms with van der Waals surface area (Å²) in [6.07, 6.45) is 0. The number of ketones is 1. The van der Waals surface area contributed by atoms with E-state index in [9.17, 15) is 4.79 Å². The number of hydrogen-bond donors (Lipinski definition) is 1. The maximum absolute atomic E-state index is 12.1. The van der Waals surface area contributed by atoms with Crippen molar-refractivity contribution in [3.05, 3.63) is 46.2 Å². The summed E-state index contributed by atoms with van der Waals surface area (Å²) in [5.74, 6) is 0.457. The molecular formula is C12H11NO2S. The van der Waals surface area contributed by atoms with E-state index in [0.717, 1.165) is 0 Å². The first-order valence-corrected chi connectivity index (χ1v) is 5.67. The van der Waals surface area contributed by atoms with Crippen LogP contribution in [0.4, 0.5) is 5.69 Å². The van der Waals surface area contributed by atoms with Crippen molar-refractivity contribution in [3.63, 3.8) is 0 Å². The van der Waals surface area contributed by atoms with Gasteiger partial charge in [0.25, 0.3) is 0 Å². The number of carbonyl (C=O) groups is 1. The van der Waals surface area contributed by atoms with Crippen molar-refractivity contribution in [3.8, 4) is 5.75 Å². The molecule has 82 valence electrons. The van der Waals surface area contributed by atoms with E-state index >= 15 is 0 Å². The van der Waals surface area contributed by atoms with Gasteiger partial charge >= 0.3 is 0 Å². The number of methoxy groups -OCH3 is 1. The first-order valence-electron chi connectivity index (χ1n) is 4.73. The SMILES string of the molecule is COc1cccc(C(=O)c2ccsc2)c1N. The number of para-hydroxylation sites is 1.